The molecule has 1 atom stereocenters. The summed E-state index contributed by atoms with van der Waals surface area (Å²) in [6, 6.07) is -0.169. The lowest BCUT2D eigenvalue weighted by Crippen LogP contribution is -2.34. The van der Waals surface area contributed by atoms with Crippen LogP contribution in [0.4, 0.5) is 4.79 Å². The van der Waals surface area contributed by atoms with Crippen molar-refractivity contribution < 1.29 is 24.2 Å². The summed E-state index contributed by atoms with van der Waals surface area (Å²) in [6.07, 6.45) is -0.291. The molecule has 0 spiro atoms. The Bertz CT molecular complexity index is 550. The van der Waals surface area contributed by atoms with Gasteiger partial charge in [-0.2, -0.15) is 0 Å². The number of nitrogens with one attached hydrogen (secondary N) is 1. The van der Waals surface area contributed by atoms with Gasteiger partial charge in [0, 0.05) is 20.1 Å². The van der Waals surface area contributed by atoms with E-state index in [0.29, 0.717) is 12.3 Å². The number of methoxy groups -OCH3 is 1. The Kier molecular flexibility index (Phi) is 6.49. The molecule has 9 heteroatoms. The van der Waals surface area contributed by atoms with Gasteiger partial charge in [0.1, 0.15) is 5.60 Å². The molecule has 0 aromatic carbocycles. The minimum Gasteiger partial charge on any atom is -0.476 e. The average Bonchev–Trinajstić information content (AvgIpc) is 2.81. The number of carboxylic acid groups (broad SMARTS) is 1. The van der Waals surface area contributed by atoms with E-state index in [9.17, 15) is 14.7 Å². The molecular formula is C14H24N4O5. The van der Waals surface area contributed by atoms with E-state index in [1.807, 2.05) is 6.92 Å². The summed E-state index contributed by atoms with van der Waals surface area (Å²) in [5, 5.41) is 19.3. The maximum atomic E-state index is 11.6. The van der Waals surface area contributed by atoms with Crippen LogP contribution in [0.3, 0.4) is 0 Å². The van der Waals surface area contributed by atoms with Gasteiger partial charge in [0.25, 0.3) is 0 Å². The van der Waals surface area contributed by atoms with Crippen LogP contribution in [-0.2, 0) is 15.9 Å². The molecule has 0 saturated carbocycles. The van der Waals surface area contributed by atoms with Gasteiger partial charge in [-0.15, -0.1) is 5.10 Å². The van der Waals surface area contributed by atoms with E-state index in [4.69, 9.17) is 9.47 Å². The molecule has 1 aromatic heterocycles. The van der Waals surface area contributed by atoms with Crippen LogP contribution in [0.25, 0.3) is 0 Å². The zero-order valence-corrected chi connectivity index (χ0v) is 14.1. The SMILES string of the molecule is COCC(C)n1nnc(C(=O)O)c1CCNC(=O)OC(C)(C)C. The average molecular weight is 328 g/mol. The quantitative estimate of drug-likeness (QED) is 0.774. The van der Waals surface area contributed by atoms with Crippen molar-refractivity contribution in [2.45, 2.75) is 45.8 Å². The maximum absolute atomic E-state index is 11.6. The number of amides is 1. The van der Waals surface area contributed by atoms with Gasteiger partial charge in [-0.25, -0.2) is 14.3 Å². The highest BCUT2D eigenvalue weighted by molar-refractivity contribution is 5.86. The molecule has 0 aliphatic rings. The summed E-state index contributed by atoms with van der Waals surface area (Å²) < 4.78 is 11.7. The van der Waals surface area contributed by atoms with Gasteiger partial charge in [-0.1, -0.05) is 5.21 Å². The number of rotatable bonds is 7. The fraction of sp³-hybridized carbons (Fsp3) is 0.714. The largest absolute Gasteiger partial charge is 0.476 e. The highest BCUT2D eigenvalue weighted by atomic mass is 16.6. The lowest BCUT2D eigenvalue weighted by Gasteiger charge is -2.20. The molecule has 0 aliphatic carbocycles. The van der Waals surface area contributed by atoms with Crippen molar-refractivity contribution in [1.82, 2.24) is 20.3 Å². The van der Waals surface area contributed by atoms with Crippen molar-refractivity contribution in [2.75, 3.05) is 20.3 Å². The number of nitrogens with zero attached hydrogens (tertiary/aromatic N) is 3. The Morgan fingerprint density at radius 3 is 2.57 bits per heavy atom. The first-order valence-electron chi connectivity index (χ1n) is 7.29. The van der Waals surface area contributed by atoms with Gasteiger partial charge in [-0.3, -0.25) is 0 Å². The summed E-state index contributed by atoms with van der Waals surface area (Å²) in [7, 11) is 1.55. The Balaban J connectivity index is 2.76. The third kappa shape index (κ3) is 5.85. The van der Waals surface area contributed by atoms with Crippen LogP contribution >= 0.6 is 0 Å². The zero-order chi connectivity index (χ0) is 17.6. The van der Waals surface area contributed by atoms with Crippen molar-refractivity contribution in [2.24, 2.45) is 0 Å². The van der Waals surface area contributed by atoms with Crippen molar-refractivity contribution in [3.05, 3.63) is 11.4 Å². The highest BCUT2D eigenvalue weighted by Gasteiger charge is 2.22. The molecule has 130 valence electrons. The first kappa shape index (κ1) is 18.9. The van der Waals surface area contributed by atoms with Gasteiger partial charge < -0.3 is 19.9 Å². The van der Waals surface area contributed by atoms with Crippen molar-refractivity contribution in [3.63, 3.8) is 0 Å². The molecule has 1 aromatic rings. The predicted octanol–water partition coefficient (Wildman–Crippen LogP) is 1.25. The number of ether oxygens (including phenoxy) is 2. The van der Waals surface area contributed by atoms with Crippen LogP contribution < -0.4 is 5.32 Å². The van der Waals surface area contributed by atoms with Gasteiger partial charge in [-0.05, 0) is 27.7 Å². The van der Waals surface area contributed by atoms with Crippen LogP contribution in [-0.4, -0.2) is 58.0 Å². The van der Waals surface area contributed by atoms with Crippen LogP contribution in [0, 0.1) is 0 Å². The fourth-order valence-corrected chi connectivity index (χ4v) is 1.98. The molecule has 1 rings (SSSR count). The Labute approximate surface area is 135 Å². The Morgan fingerprint density at radius 1 is 1.39 bits per heavy atom. The van der Waals surface area contributed by atoms with E-state index in [1.165, 1.54) is 4.68 Å². The first-order chi connectivity index (χ1) is 10.7. The number of hydrogen-bond acceptors (Lipinski definition) is 6. The molecular weight excluding hydrogens is 304 g/mol. The van der Waals surface area contributed by atoms with Crippen molar-refractivity contribution >= 4 is 12.1 Å². The molecule has 23 heavy (non-hydrogen) atoms. The van der Waals surface area contributed by atoms with E-state index in [0.717, 1.165) is 0 Å². The molecule has 0 saturated heterocycles. The maximum Gasteiger partial charge on any atom is 0.407 e. The monoisotopic (exact) mass is 328 g/mol. The van der Waals surface area contributed by atoms with Crippen molar-refractivity contribution in [1.29, 1.82) is 0 Å². The minimum absolute atomic E-state index is 0.126. The molecule has 0 bridgehead atoms. The van der Waals surface area contributed by atoms with Gasteiger partial charge in [0.2, 0.25) is 0 Å². The molecule has 0 aliphatic heterocycles. The standard InChI is InChI=1S/C14H24N4O5/c1-9(8-22-5)18-10(11(12(19)20)16-17-18)6-7-15-13(21)23-14(2,3)4/h9H,6-8H2,1-5H3,(H,15,21)(H,19,20). The van der Waals surface area contributed by atoms with Crippen molar-refractivity contribution in [3.8, 4) is 0 Å². The first-order valence-corrected chi connectivity index (χ1v) is 7.29. The predicted molar refractivity (Wildman–Crippen MR) is 81.5 cm³/mol. The third-order valence-corrected chi connectivity index (χ3v) is 2.85. The normalized spacial score (nSPS) is 12.7. The van der Waals surface area contributed by atoms with E-state index < -0.39 is 17.7 Å². The van der Waals surface area contributed by atoms with Crippen LogP contribution in [0.1, 0.15) is 49.9 Å². The third-order valence-electron chi connectivity index (χ3n) is 2.85. The summed E-state index contributed by atoms with van der Waals surface area (Å²) in [5.41, 5.74) is -0.288. The van der Waals surface area contributed by atoms with E-state index in [1.54, 1.807) is 27.9 Å². The van der Waals surface area contributed by atoms with E-state index >= 15 is 0 Å². The summed E-state index contributed by atoms with van der Waals surface area (Å²) >= 11 is 0. The number of alkyl carbamates (subject to hydrolysis) is 1. The topological polar surface area (TPSA) is 116 Å². The number of aromatic nitrogens is 3. The smallest absolute Gasteiger partial charge is 0.407 e. The molecule has 1 heterocycles. The summed E-state index contributed by atoms with van der Waals surface area (Å²) in [4.78, 5) is 22.9. The Morgan fingerprint density at radius 2 is 2.04 bits per heavy atom. The lowest BCUT2D eigenvalue weighted by molar-refractivity contribution is 0.0528. The second-order valence-electron chi connectivity index (χ2n) is 6.12. The Hall–Kier alpha value is -2.16. The molecule has 0 fully saturated rings. The van der Waals surface area contributed by atoms with Crippen LogP contribution in [0.15, 0.2) is 0 Å². The van der Waals surface area contributed by atoms with Gasteiger partial charge in [0.05, 0.1) is 18.3 Å². The number of hydrogen-bond donors (Lipinski definition) is 2. The summed E-state index contributed by atoms with van der Waals surface area (Å²) in [5.74, 6) is -1.16. The van der Waals surface area contributed by atoms with E-state index in [2.05, 4.69) is 15.6 Å². The van der Waals surface area contributed by atoms with Gasteiger partial charge >= 0.3 is 12.1 Å². The van der Waals surface area contributed by atoms with Gasteiger partial charge in [0.15, 0.2) is 5.69 Å². The second-order valence-corrected chi connectivity index (χ2v) is 6.12. The molecule has 1 amide bonds. The molecule has 2 N–H and O–H groups in total. The second kappa shape index (κ2) is 7.91. The van der Waals surface area contributed by atoms with Crippen LogP contribution in [0.2, 0.25) is 0 Å². The molecule has 1 unspecified atom stereocenters. The lowest BCUT2D eigenvalue weighted by atomic mass is 10.2. The summed E-state index contributed by atoms with van der Waals surface area (Å²) in [6.45, 7) is 7.72. The molecule has 0 radical (unpaired) electrons. The zero-order valence-electron chi connectivity index (χ0n) is 14.1. The number of carbonyl (C=O) groups is 2. The number of carbonyl (C=O) groups excluding carboxylic acids is 1. The fourth-order valence-electron chi connectivity index (χ4n) is 1.98. The number of carboxylic acids is 1. The molecule has 9 nitrogen and oxygen atoms in total. The minimum atomic E-state index is -1.16. The highest BCUT2D eigenvalue weighted by Crippen LogP contribution is 2.13. The van der Waals surface area contributed by atoms with Crippen LogP contribution in [0.5, 0.6) is 0 Å². The van der Waals surface area contributed by atoms with E-state index in [-0.39, 0.29) is 24.7 Å². The number of aromatic carboxylic acids is 1.